The fourth-order valence-corrected chi connectivity index (χ4v) is 5.29. The van der Waals surface area contributed by atoms with E-state index in [1.54, 1.807) is 19.1 Å². The number of carbonyl (C=O) groups is 1. The van der Waals surface area contributed by atoms with Crippen LogP contribution in [-0.2, 0) is 10.0 Å². The molecule has 6 nitrogen and oxygen atoms in total. The van der Waals surface area contributed by atoms with Crippen LogP contribution in [0.4, 0.5) is 10.1 Å². The summed E-state index contributed by atoms with van der Waals surface area (Å²) in [7, 11) is -3.92. The molecule has 1 saturated heterocycles. The van der Waals surface area contributed by atoms with Gasteiger partial charge in [-0.1, -0.05) is 30.2 Å². The van der Waals surface area contributed by atoms with Crippen LogP contribution in [0.2, 0.25) is 5.02 Å². The van der Waals surface area contributed by atoms with Gasteiger partial charge < -0.3 is 10.2 Å². The Hall–Kier alpha value is -2.45. The minimum atomic E-state index is -3.92. The van der Waals surface area contributed by atoms with Crippen LogP contribution in [0.1, 0.15) is 54.6 Å². The zero-order chi connectivity index (χ0) is 21.5. The standard InChI is InChI=1S/C21H21ClFN3O3S/c1-13(14-6-8-15(23)9-7-14)24-21(27)16-11-19-18(12-17(16)22)26-10-4-2-3-5-20(26)25-30(19,28)29/h6-9,11-13H,2-5,10H2,1H3,(H,24,27). The van der Waals surface area contributed by atoms with Crippen LogP contribution in [0.15, 0.2) is 45.7 Å². The summed E-state index contributed by atoms with van der Waals surface area (Å²) >= 11 is 6.40. The number of rotatable bonds is 3. The molecule has 158 valence electrons. The van der Waals surface area contributed by atoms with Gasteiger partial charge in [0.15, 0.2) is 0 Å². The van der Waals surface area contributed by atoms with Crippen molar-refractivity contribution in [2.75, 3.05) is 11.4 Å². The SMILES string of the molecule is CC(NC(=O)c1cc2c(cc1Cl)N1CCCCCC1=NS2(=O)=O)c1ccc(F)cc1. The third-order valence-corrected chi connectivity index (χ3v) is 7.05. The van der Waals surface area contributed by atoms with Gasteiger partial charge in [0.2, 0.25) is 0 Å². The Kier molecular flexibility index (Phi) is 5.55. The molecule has 1 unspecified atom stereocenters. The molecular formula is C21H21ClFN3O3S. The molecule has 30 heavy (non-hydrogen) atoms. The van der Waals surface area contributed by atoms with Gasteiger partial charge in [-0.3, -0.25) is 4.79 Å². The monoisotopic (exact) mass is 449 g/mol. The lowest BCUT2D eigenvalue weighted by Gasteiger charge is -2.30. The minimum Gasteiger partial charge on any atom is -0.345 e. The van der Waals surface area contributed by atoms with E-state index in [2.05, 4.69) is 9.71 Å². The van der Waals surface area contributed by atoms with Crippen LogP contribution < -0.4 is 10.2 Å². The van der Waals surface area contributed by atoms with E-state index >= 15 is 0 Å². The first-order valence-corrected chi connectivity index (χ1v) is 11.6. The van der Waals surface area contributed by atoms with Crippen molar-refractivity contribution in [3.63, 3.8) is 0 Å². The molecule has 2 heterocycles. The molecule has 1 fully saturated rings. The molecule has 2 aliphatic rings. The summed E-state index contributed by atoms with van der Waals surface area (Å²) in [4.78, 5) is 14.7. The van der Waals surface area contributed by atoms with E-state index in [1.807, 2.05) is 4.90 Å². The fourth-order valence-electron chi connectivity index (χ4n) is 3.78. The Balaban J connectivity index is 1.67. The molecule has 1 N–H and O–H groups in total. The van der Waals surface area contributed by atoms with Gasteiger partial charge in [0, 0.05) is 13.0 Å². The van der Waals surface area contributed by atoms with E-state index in [0.29, 0.717) is 30.1 Å². The number of sulfonamides is 1. The van der Waals surface area contributed by atoms with E-state index in [1.165, 1.54) is 24.3 Å². The molecule has 0 aliphatic carbocycles. The quantitative estimate of drug-likeness (QED) is 0.750. The Morgan fingerprint density at radius 3 is 2.67 bits per heavy atom. The van der Waals surface area contributed by atoms with Gasteiger partial charge >= 0.3 is 0 Å². The molecule has 9 heteroatoms. The van der Waals surface area contributed by atoms with Crippen LogP contribution >= 0.6 is 11.6 Å². The second-order valence-electron chi connectivity index (χ2n) is 7.49. The first kappa shape index (κ1) is 20.8. The maximum atomic E-state index is 13.1. The second-order valence-corrected chi connectivity index (χ2v) is 9.47. The van der Waals surface area contributed by atoms with E-state index in [0.717, 1.165) is 19.3 Å². The number of fused-ring (bicyclic) bond motifs is 3. The largest absolute Gasteiger partial charge is 0.345 e. The highest BCUT2D eigenvalue weighted by Crippen LogP contribution is 2.38. The molecule has 0 radical (unpaired) electrons. The van der Waals surface area contributed by atoms with Crippen LogP contribution in [0, 0.1) is 5.82 Å². The van der Waals surface area contributed by atoms with Crippen molar-refractivity contribution < 1.29 is 17.6 Å². The van der Waals surface area contributed by atoms with Crippen LogP contribution in [-0.4, -0.2) is 26.7 Å². The van der Waals surface area contributed by atoms with Gasteiger partial charge in [-0.05, 0) is 49.6 Å². The second kappa shape index (κ2) is 8.00. The maximum absolute atomic E-state index is 13.1. The van der Waals surface area contributed by atoms with E-state index in [4.69, 9.17) is 11.6 Å². The highest BCUT2D eigenvalue weighted by Gasteiger charge is 2.33. The Morgan fingerprint density at radius 1 is 1.20 bits per heavy atom. The molecule has 1 atom stereocenters. The summed E-state index contributed by atoms with van der Waals surface area (Å²) in [5.41, 5.74) is 1.24. The smallest absolute Gasteiger partial charge is 0.286 e. The zero-order valence-electron chi connectivity index (χ0n) is 16.4. The normalized spacial score (nSPS) is 18.5. The first-order valence-electron chi connectivity index (χ1n) is 9.77. The van der Waals surface area contributed by atoms with Gasteiger partial charge in [0.05, 0.1) is 22.3 Å². The lowest BCUT2D eigenvalue weighted by molar-refractivity contribution is 0.0940. The summed E-state index contributed by atoms with van der Waals surface area (Å²) in [6.07, 6.45) is 3.40. The van der Waals surface area contributed by atoms with Crippen molar-refractivity contribution in [3.8, 4) is 0 Å². The predicted molar refractivity (Wildman–Crippen MR) is 114 cm³/mol. The van der Waals surface area contributed by atoms with Crippen LogP contribution in [0.3, 0.4) is 0 Å². The summed E-state index contributed by atoms with van der Waals surface area (Å²) < 4.78 is 42.7. The molecule has 2 aromatic carbocycles. The third-order valence-electron chi connectivity index (χ3n) is 5.40. The number of hydrogen-bond donors (Lipinski definition) is 1. The van der Waals surface area contributed by atoms with Crippen molar-refractivity contribution >= 4 is 39.1 Å². The number of anilines is 1. The van der Waals surface area contributed by atoms with Crippen molar-refractivity contribution in [2.45, 2.75) is 43.5 Å². The molecule has 0 spiro atoms. The summed E-state index contributed by atoms with van der Waals surface area (Å²) in [5, 5.41) is 2.95. The minimum absolute atomic E-state index is 0.0165. The zero-order valence-corrected chi connectivity index (χ0v) is 17.9. The van der Waals surface area contributed by atoms with Gasteiger partial charge in [-0.2, -0.15) is 8.42 Å². The maximum Gasteiger partial charge on any atom is 0.286 e. The van der Waals surface area contributed by atoms with Crippen molar-refractivity contribution in [3.05, 3.63) is 58.4 Å². The van der Waals surface area contributed by atoms with Gasteiger partial charge in [0.25, 0.3) is 15.9 Å². The lowest BCUT2D eigenvalue weighted by Crippen LogP contribution is -2.35. The summed E-state index contributed by atoms with van der Waals surface area (Å²) in [6, 6.07) is 8.19. The number of halogens is 2. The predicted octanol–water partition coefficient (Wildman–Crippen LogP) is 4.45. The number of carbonyl (C=O) groups excluding carboxylic acids is 1. The van der Waals surface area contributed by atoms with Crippen LogP contribution in [0.25, 0.3) is 0 Å². The van der Waals surface area contributed by atoms with Crippen LogP contribution in [0.5, 0.6) is 0 Å². The average Bonchev–Trinajstić information content (AvgIpc) is 2.92. The number of nitrogens with one attached hydrogen (secondary N) is 1. The molecule has 1 amide bonds. The Morgan fingerprint density at radius 2 is 1.93 bits per heavy atom. The van der Waals surface area contributed by atoms with Gasteiger partial charge in [-0.25, -0.2) is 4.39 Å². The number of amides is 1. The molecular weight excluding hydrogens is 429 g/mol. The van der Waals surface area contributed by atoms with Crippen molar-refractivity contribution in [1.82, 2.24) is 5.32 Å². The number of nitrogens with zero attached hydrogens (tertiary/aromatic N) is 2. The molecule has 2 aliphatic heterocycles. The Labute approximate surface area is 179 Å². The number of amidine groups is 1. The average molecular weight is 450 g/mol. The van der Waals surface area contributed by atoms with Gasteiger partial charge in [-0.15, -0.1) is 4.40 Å². The first-order chi connectivity index (χ1) is 14.3. The highest BCUT2D eigenvalue weighted by atomic mass is 35.5. The van der Waals surface area contributed by atoms with Gasteiger partial charge in [0.1, 0.15) is 16.5 Å². The van der Waals surface area contributed by atoms with E-state index in [9.17, 15) is 17.6 Å². The number of benzene rings is 2. The third kappa shape index (κ3) is 3.94. The fraction of sp³-hybridized carbons (Fsp3) is 0.333. The molecule has 0 bridgehead atoms. The summed E-state index contributed by atoms with van der Waals surface area (Å²) in [5.74, 6) is -0.354. The number of hydrogen-bond acceptors (Lipinski definition) is 4. The molecule has 2 aromatic rings. The van der Waals surface area contributed by atoms with Crippen molar-refractivity contribution in [1.29, 1.82) is 0 Å². The Bertz CT molecular complexity index is 1130. The summed E-state index contributed by atoms with van der Waals surface area (Å²) in [6.45, 7) is 2.41. The van der Waals surface area contributed by atoms with E-state index < -0.39 is 22.0 Å². The molecule has 0 aromatic heterocycles. The molecule has 0 saturated carbocycles. The lowest BCUT2D eigenvalue weighted by atomic mass is 10.1. The topological polar surface area (TPSA) is 78.8 Å². The van der Waals surface area contributed by atoms with E-state index in [-0.39, 0.29) is 21.3 Å². The highest BCUT2D eigenvalue weighted by molar-refractivity contribution is 7.90. The van der Waals surface area contributed by atoms with Crippen molar-refractivity contribution in [2.24, 2.45) is 4.40 Å². The molecule has 4 rings (SSSR count).